The van der Waals surface area contributed by atoms with E-state index < -0.39 is 5.91 Å². The first-order valence-corrected chi connectivity index (χ1v) is 9.13. The van der Waals surface area contributed by atoms with Crippen LogP contribution in [0, 0.1) is 0 Å². The van der Waals surface area contributed by atoms with Crippen LogP contribution in [0.5, 0.6) is 5.75 Å². The number of ether oxygens (including phenoxy) is 1. The van der Waals surface area contributed by atoms with E-state index in [2.05, 4.69) is 4.98 Å². The lowest BCUT2D eigenvalue weighted by Crippen LogP contribution is -2.35. The zero-order valence-corrected chi connectivity index (χ0v) is 17.0. The molecule has 7 nitrogen and oxygen atoms in total. The van der Waals surface area contributed by atoms with Crippen molar-refractivity contribution in [2.24, 2.45) is 0 Å². The second-order valence-corrected chi connectivity index (χ2v) is 6.67. The highest BCUT2D eigenvalue weighted by Gasteiger charge is 2.31. The van der Waals surface area contributed by atoms with Gasteiger partial charge < -0.3 is 9.64 Å². The van der Waals surface area contributed by atoms with Crippen molar-refractivity contribution < 1.29 is 19.5 Å². The summed E-state index contributed by atoms with van der Waals surface area (Å²) in [7, 11) is 0. The Labute approximate surface area is 180 Å². The molecule has 0 unspecified atom stereocenters. The second kappa shape index (κ2) is 9.43. The third-order valence-corrected chi connectivity index (χ3v) is 4.92. The van der Waals surface area contributed by atoms with Crippen molar-refractivity contribution in [1.29, 1.82) is 0 Å². The van der Waals surface area contributed by atoms with E-state index in [0.29, 0.717) is 17.9 Å². The number of amides is 2. The monoisotopic (exact) mass is 423 g/mol. The van der Waals surface area contributed by atoms with Gasteiger partial charge >= 0.3 is 0 Å². The highest BCUT2D eigenvalue weighted by molar-refractivity contribution is 7.59. The number of carbonyl (C=O) groups is 2. The van der Waals surface area contributed by atoms with E-state index in [1.165, 1.54) is 0 Å². The van der Waals surface area contributed by atoms with E-state index in [4.69, 9.17) is 9.94 Å². The van der Waals surface area contributed by atoms with Crippen LogP contribution in [0.2, 0.25) is 0 Å². The molecule has 0 bridgehead atoms. The normalized spacial score (nSPS) is 15.1. The molecule has 8 heteroatoms. The molecule has 2 amide bonds. The number of fused-ring (bicyclic) bond motifs is 1. The predicted octanol–water partition coefficient (Wildman–Crippen LogP) is 3.09. The molecule has 0 radical (unpaired) electrons. The topological polar surface area (TPSA) is 91.8 Å². The number of nitrogens with one attached hydrogen (secondary N) is 1. The van der Waals surface area contributed by atoms with Crippen molar-refractivity contribution in [2.75, 3.05) is 6.61 Å². The molecule has 0 fully saturated rings. The second-order valence-electron chi connectivity index (χ2n) is 6.67. The molecular weight excluding hydrogens is 402 g/mol. The quantitative estimate of drug-likeness (QED) is 0.499. The summed E-state index contributed by atoms with van der Waals surface area (Å²) in [5.41, 5.74) is 4.17. The Balaban J connectivity index is 0.00000256. The summed E-state index contributed by atoms with van der Waals surface area (Å²) in [5, 5.41) is 8.88. The van der Waals surface area contributed by atoms with Crippen molar-refractivity contribution in [2.45, 2.75) is 12.6 Å². The van der Waals surface area contributed by atoms with Crippen LogP contribution < -0.4 is 10.2 Å². The van der Waals surface area contributed by atoms with Gasteiger partial charge in [0.2, 0.25) is 0 Å². The van der Waals surface area contributed by atoms with Crippen LogP contribution in [0.4, 0.5) is 0 Å². The van der Waals surface area contributed by atoms with Crippen molar-refractivity contribution in [3.05, 3.63) is 95.3 Å². The average molecular weight is 423 g/mol. The SMILES string of the molecule is O=C(NO)c1ccc2c(c1)OC[C@H](c1ccccc1)N(C(=O)c1ccncc1)C2.S. The van der Waals surface area contributed by atoms with Gasteiger partial charge in [-0.1, -0.05) is 36.4 Å². The maximum atomic E-state index is 13.3. The number of carbonyl (C=O) groups excluding carboxylic acids is 2. The third kappa shape index (κ3) is 4.29. The van der Waals surface area contributed by atoms with E-state index in [1.807, 2.05) is 30.3 Å². The Kier molecular flexibility index (Phi) is 6.71. The summed E-state index contributed by atoms with van der Waals surface area (Å²) in [6.45, 7) is 0.551. The van der Waals surface area contributed by atoms with Gasteiger partial charge in [-0.3, -0.25) is 19.8 Å². The molecule has 154 valence electrons. The number of aromatic nitrogens is 1. The fraction of sp³-hybridized carbons (Fsp3) is 0.136. The number of hydrogen-bond acceptors (Lipinski definition) is 5. The van der Waals surface area contributed by atoms with Crippen LogP contribution in [0.1, 0.15) is 37.9 Å². The van der Waals surface area contributed by atoms with Crippen LogP contribution in [0.15, 0.2) is 73.1 Å². The zero-order chi connectivity index (χ0) is 20.2. The first kappa shape index (κ1) is 21.4. The maximum Gasteiger partial charge on any atom is 0.274 e. The molecule has 0 aliphatic carbocycles. The van der Waals surface area contributed by atoms with E-state index in [9.17, 15) is 9.59 Å². The number of pyridine rings is 1. The Morgan fingerprint density at radius 3 is 2.47 bits per heavy atom. The van der Waals surface area contributed by atoms with E-state index in [1.54, 1.807) is 53.1 Å². The van der Waals surface area contributed by atoms with Gasteiger partial charge in [0.15, 0.2) is 0 Å². The molecule has 0 spiro atoms. The van der Waals surface area contributed by atoms with Crippen molar-refractivity contribution in [1.82, 2.24) is 15.4 Å². The summed E-state index contributed by atoms with van der Waals surface area (Å²) in [6, 6.07) is 17.7. The van der Waals surface area contributed by atoms with Crippen molar-refractivity contribution >= 4 is 25.3 Å². The third-order valence-electron chi connectivity index (χ3n) is 4.92. The van der Waals surface area contributed by atoms with Gasteiger partial charge in [-0.15, -0.1) is 0 Å². The van der Waals surface area contributed by atoms with E-state index in [-0.39, 0.29) is 37.6 Å². The van der Waals surface area contributed by atoms with E-state index in [0.717, 1.165) is 11.1 Å². The van der Waals surface area contributed by atoms with Gasteiger partial charge in [-0.05, 0) is 29.8 Å². The van der Waals surface area contributed by atoms with Gasteiger partial charge in [-0.25, -0.2) is 5.48 Å². The lowest BCUT2D eigenvalue weighted by molar-refractivity contribution is 0.0621. The lowest BCUT2D eigenvalue weighted by Gasteiger charge is -2.29. The lowest BCUT2D eigenvalue weighted by atomic mass is 10.0. The Bertz CT molecular complexity index is 1030. The molecule has 4 rings (SSSR count). The van der Waals surface area contributed by atoms with E-state index >= 15 is 0 Å². The number of benzene rings is 2. The summed E-state index contributed by atoms with van der Waals surface area (Å²) < 4.78 is 6.00. The smallest absolute Gasteiger partial charge is 0.274 e. The molecule has 30 heavy (non-hydrogen) atoms. The van der Waals surface area contributed by atoms with Crippen LogP contribution in [0.3, 0.4) is 0 Å². The fourth-order valence-electron chi connectivity index (χ4n) is 3.40. The van der Waals surface area contributed by atoms with Crippen LogP contribution >= 0.6 is 13.5 Å². The first-order chi connectivity index (χ1) is 14.2. The minimum absolute atomic E-state index is 0. The van der Waals surface area contributed by atoms with Gasteiger partial charge in [0.1, 0.15) is 12.4 Å². The average Bonchev–Trinajstić information content (AvgIpc) is 2.98. The number of nitrogens with zero attached hydrogens (tertiary/aromatic N) is 2. The molecule has 2 N–H and O–H groups in total. The minimum atomic E-state index is -0.620. The fourth-order valence-corrected chi connectivity index (χ4v) is 3.40. The van der Waals surface area contributed by atoms with Gasteiger partial charge in [0, 0.05) is 29.1 Å². The van der Waals surface area contributed by atoms with Crippen molar-refractivity contribution in [3.63, 3.8) is 0 Å². The molecule has 1 aliphatic heterocycles. The number of rotatable bonds is 3. The summed E-state index contributed by atoms with van der Waals surface area (Å²) >= 11 is 0. The molecule has 0 saturated carbocycles. The van der Waals surface area contributed by atoms with Crippen LogP contribution in [-0.2, 0) is 6.54 Å². The minimum Gasteiger partial charge on any atom is -0.491 e. The Morgan fingerprint density at radius 2 is 1.77 bits per heavy atom. The molecule has 2 heterocycles. The largest absolute Gasteiger partial charge is 0.491 e. The van der Waals surface area contributed by atoms with Crippen LogP contribution in [0.25, 0.3) is 0 Å². The van der Waals surface area contributed by atoms with Crippen molar-refractivity contribution in [3.8, 4) is 5.75 Å². The number of hydrogen-bond donors (Lipinski definition) is 2. The molecule has 3 aromatic rings. The molecule has 0 saturated heterocycles. The first-order valence-electron chi connectivity index (χ1n) is 9.13. The molecule has 2 aromatic carbocycles. The zero-order valence-electron chi connectivity index (χ0n) is 16.0. The predicted molar refractivity (Wildman–Crippen MR) is 115 cm³/mol. The summed E-state index contributed by atoms with van der Waals surface area (Å²) in [6.07, 6.45) is 3.18. The summed E-state index contributed by atoms with van der Waals surface area (Å²) in [4.78, 5) is 30.8. The number of hydroxylamine groups is 1. The standard InChI is InChI=1S/C22H19N3O4.H2S/c26-21(24-28)17-6-7-18-13-25(22(27)16-8-10-23-11-9-16)19(14-29-20(18)12-17)15-4-2-1-3-5-15;/h1-12,19,28H,13-14H2,(H,24,26);1H2/t19-;/m1./s1. The Hall–Kier alpha value is -3.36. The molecule has 1 aliphatic rings. The van der Waals surface area contributed by atoms with Gasteiger partial charge in [0.25, 0.3) is 11.8 Å². The van der Waals surface area contributed by atoms with Crippen LogP contribution in [-0.4, -0.2) is 33.5 Å². The highest BCUT2D eigenvalue weighted by Crippen LogP contribution is 2.33. The van der Waals surface area contributed by atoms with Gasteiger partial charge in [-0.2, -0.15) is 13.5 Å². The highest BCUT2D eigenvalue weighted by atomic mass is 32.1. The molecule has 1 atom stereocenters. The molecular formula is C22H21N3O4S. The summed E-state index contributed by atoms with van der Waals surface area (Å²) in [5.74, 6) is -0.239. The van der Waals surface area contributed by atoms with Gasteiger partial charge in [0.05, 0.1) is 12.6 Å². The maximum absolute atomic E-state index is 13.3. The Morgan fingerprint density at radius 1 is 1.03 bits per heavy atom. The molecule has 1 aromatic heterocycles.